The van der Waals surface area contributed by atoms with Crippen molar-refractivity contribution < 1.29 is 33.6 Å². The van der Waals surface area contributed by atoms with E-state index in [1.54, 1.807) is 63.9 Å². The van der Waals surface area contributed by atoms with Gasteiger partial charge in [-0.1, -0.05) is 12.1 Å². The number of aromatic nitrogens is 1. The SMILES string of the molecule is COc1cc2nccc(Oc3ccc(N(CCCOc4ccccc4OC)C(=O)O)cc3)c2cc1OC. The molecular formula is C28H28N2O7. The van der Waals surface area contributed by atoms with Crippen molar-refractivity contribution in [1.82, 2.24) is 4.98 Å². The van der Waals surface area contributed by atoms with Crippen LogP contribution in [0.3, 0.4) is 0 Å². The van der Waals surface area contributed by atoms with Crippen molar-refractivity contribution in [3.8, 4) is 34.5 Å². The molecule has 0 fully saturated rings. The Balaban J connectivity index is 1.43. The Morgan fingerprint density at radius 2 is 1.51 bits per heavy atom. The fourth-order valence-electron chi connectivity index (χ4n) is 3.84. The second kappa shape index (κ2) is 11.9. The van der Waals surface area contributed by atoms with Crippen LogP contribution in [0.1, 0.15) is 6.42 Å². The van der Waals surface area contributed by atoms with Crippen molar-refractivity contribution in [2.75, 3.05) is 39.4 Å². The monoisotopic (exact) mass is 504 g/mol. The molecule has 9 nitrogen and oxygen atoms in total. The summed E-state index contributed by atoms with van der Waals surface area (Å²) >= 11 is 0. The van der Waals surface area contributed by atoms with Gasteiger partial charge in [0.1, 0.15) is 11.5 Å². The number of amides is 1. The van der Waals surface area contributed by atoms with E-state index in [2.05, 4.69) is 4.98 Å². The number of methoxy groups -OCH3 is 3. The Morgan fingerprint density at radius 3 is 2.19 bits per heavy atom. The average Bonchev–Trinajstić information content (AvgIpc) is 2.93. The first kappa shape index (κ1) is 25.4. The quantitative estimate of drug-likeness (QED) is 0.248. The molecule has 4 rings (SSSR count). The van der Waals surface area contributed by atoms with Crippen molar-refractivity contribution in [2.45, 2.75) is 6.42 Å². The van der Waals surface area contributed by atoms with Gasteiger partial charge in [-0.3, -0.25) is 9.88 Å². The predicted octanol–water partition coefficient (Wildman–Crippen LogP) is 6.01. The number of carboxylic acid groups (broad SMARTS) is 1. The number of fused-ring (bicyclic) bond motifs is 1. The number of rotatable bonds is 11. The summed E-state index contributed by atoms with van der Waals surface area (Å²) in [7, 11) is 4.71. The van der Waals surface area contributed by atoms with Crippen molar-refractivity contribution in [3.05, 3.63) is 72.9 Å². The highest BCUT2D eigenvalue weighted by atomic mass is 16.5. The largest absolute Gasteiger partial charge is 0.493 e. The van der Waals surface area contributed by atoms with E-state index < -0.39 is 6.09 Å². The lowest BCUT2D eigenvalue weighted by atomic mass is 10.2. The number of hydrogen-bond acceptors (Lipinski definition) is 7. The first-order valence-corrected chi connectivity index (χ1v) is 11.6. The van der Waals surface area contributed by atoms with Crippen LogP contribution in [0.25, 0.3) is 10.9 Å². The molecule has 1 heterocycles. The third-order valence-electron chi connectivity index (χ3n) is 5.67. The molecule has 0 saturated heterocycles. The molecule has 0 aliphatic rings. The Labute approximate surface area is 214 Å². The van der Waals surface area contributed by atoms with E-state index in [0.717, 1.165) is 5.39 Å². The average molecular weight is 505 g/mol. The number of ether oxygens (including phenoxy) is 5. The van der Waals surface area contributed by atoms with Crippen molar-refractivity contribution >= 4 is 22.7 Å². The summed E-state index contributed by atoms with van der Waals surface area (Å²) in [5.41, 5.74) is 1.22. The molecular weight excluding hydrogens is 476 g/mol. The van der Waals surface area contributed by atoms with Crippen molar-refractivity contribution in [2.24, 2.45) is 0 Å². The van der Waals surface area contributed by atoms with E-state index in [-0.39, 0.29) is 6.54 Å². The number of pyridine rings is 1. The molecule has 0 radical (unpaired) electrons. The number of nitrogens with zero attached hydrogens (tertiary/aromatic N) is 2. The first-order chi connectivity index (χ1) is 18.0. The molecule has 0 atom stereocenters. The van der Waals surface area contributed by atoms with Gasteiger partial charge in [-0.25, -0.2) is 4.79 Å². The van der Waals surface area contributed by atoms with E-state index in [1.807, 2.05) is 30.3 Å². The maximum atomic E-state index is 11.9. The van der Waals surface area contributed by atoms with E-state index in [9.17, 15) is 9.90 Å². The highest BCUT2D eigenvalue weighted by molar-refractivity contribution is 5.88. The molecule has 4 aromatic rings. The first-order valence-electron chi connectivity index (χ1n) is 11.6. The van der Waals surface area contributed by atoms with Gasteiger partial charge in [0, 0.05) is 29.9 Å². The molecule has 0 unspecified atom stereocenters. The second-order valence-electron chi connectivity index (χ2n) is 7.92. The molecule has 1 aromatic heterocycles. The van der Waals surface area contributed by atoms with Crippen molar-refractivity contribution in [3.63, 3.8) is 0 Å². The minimum atomic E-state index is -1.05. The molecule has 1 N–H and O–H groups in total. The van der Waals surface area contributed by atoms with Crippen LogP contribution in [0.5, 0.6) is 34.5 Å². The van der Waals surface area contributed by atoms with Gasteiger partial charge in [0.05, 0.1) is 33.5 Å². The molecule has 1 amide bonds. The van der Waals surface area contributed by atoms with E-state index in [4.69, 9.17) is 23.7 Å². The fourth-order valence-corrected chi connectivity index (χ4v) is 3.84. The topological polar surface area (TPSA) is 99.6 Å². The van der Waals surface area contributed by atoms with Gasteiger partial charge >= 0.3 is 6.09 Å². The van der Waals surface area contributed by atoms with Gasteiger partial charge in [0.25, 0.3) is 0 Å². The molecule has 0 spiro atoms. The van der Waals surface area contributed by atoms with Crippen LogP contribution in [0.2, 0.25) is 0 Å². The lowest BCUT2D eigenvalue weighted by Crippen LogP contribution is -2.31. The zero-order valence-electron chi connectivity index (χ0n) is 20.8. The summed E-state index contributed by atoms with van der Waals surface area (Å²) in [5, 5.41) is 10.5. The zero-order valence-corrected chi connectivity index (χ0v) is 20.8. The molecule has 9 heteroatoms. The Bertz CT molecular complexity index is 1360. The number of para-hydroxylation sites is 2. The standard InChI is InChI=1S/C28H28N2O7/c1-33-24-7-4-5-8-25(24)36-16-6-15-30(28(31)32)19-9-11-20(12-10-19)37-23-13-14-29-22-18-27(35-3)26(34-2)17-21(22)23/h4-5,7-14,17-18H,6,15-16H2,1-3H3,(H,31,32). The fraction of sp³-hybridized carbons (Fsp3) is 0.214. The number of anilines is 1. The van der Waals surface area contributed by atoms with E-state index in [1.165, 1.54) is 4.90 Å². The van der Waals surface area contributed by atoms with E-state index >= 15 is 0 Å². The molecule has 0 aliphatic heterocycles. The van der Waals surface area contributed by atoms with Gasteiger partial charge < -0.3 is 28.8 Å². The summed E-state index contributed by atoms with van der Waals surface area (Å²) in [5.74, 6) is 3.53. The van der Waals surface area contributed by atoms with Gasteiger partial charge in [-0.15, -0.1) is 0 Å². The lowest BCUT2D eigenvalue weighted by Gasteiger charge is -2.20. The third-order valence-corrected chi connectivity index (χ3v) is 5.67. The highest BCUT2D eigenvalue weighted by Gasteiger charge is 2.15. The molecule has 0 saturated carbocycles. The number of carbonyl (C=O) groups is 1. The van der Waals surface area contributed by atoms with Gasteiger partial charge in [0.15, 0.2) is 23.0 Å². The maximum absolute atomic E-state index is 11.9. The van der Waals surface area contributed by atoms with Gasteiger partial charge in [-0.2, -0.15) is 0 Å². The predicted molar refractivity (Wildman–Crippen MR) is 140 cm³/mol. The van der Waals surface area contributed by atoms with Crippen LogP contribution in [-0.2, 0) is 0 Å². The summed E-state index contributed by atoms with van der Waals surface area (Å²) in [6.07, 6.45) is 1.10. The maximum Gasteiger partial charge on any atom is 0.411 e. The zero-order chi connectivity index (χ0) is 26.2. The molecule has 3 aromatic carbocycles. The van der Waals surface area contributed by atoms with Crippen LogP contribution in [0.15, 0.2) is 72.9 Å². The summed E-state index contributed by atoms with van der Waals surface area (Å²) in [6.45, 7) is 0.607. The number of benzene rings is 3. The third kappa shape index (κ3) is 5.95. The second-order valence-corrected chi connectivity index (χ2v) is 7.92. The molecule has 0 aliphatic carbocycles. The Kier molecular flexibility index (Phi) is 8.15. The minimum absolute atomic E-state index is 0.265. The lowest BCUT2D eigenvalue weighted by molar-refractivity contribution is 0.201. The van der Waals surface area contributed by atoms with Crippen LogP contribution < -0.4 is 28.6 Å². The minimum Gasteiger partial charge on any atom is -0.493 e. The normalized spacial score (nSPS) is 10.6. The Hall–Kier alpha value is -4.66. The molecule has 0 bridgehead atoms. The summed E-state index contributed by atoms with van der Waals surface area (Å²) in [4.78, 5) is 17.6. The van der Waals surface area contributed by atoms with Gasteiger partial charge in [0.2, 0.25) is 0 Å². The summed E-state index contributed by atoms with van der Waals surface area (Å²) < 4.78 is 27.9. The van der Waals surface area contributed by atoms with Crippen LogP contribution in [0, 0.1) is 0 Å². The Morgan fingerprint density at radius 1 is 0.838 bits per heavy atom. The van der Waals surface area contributed by atoms with E-state index in [0.29, 0.717) is 58.7 Å². The van der Waals surface area contributed by atoms with Crippen LogP contribution >= 0.6 is 0 Å². The van der Waals surface area contributed by atoms with Gasteiger partial charge in [-0.05, 0) is 55.0 Å². The smallest absolute Gasteiger partial charge is 0.411 e. The molecule has 37 heavy (non-hydrogen) atoms. The van der Waals surface area contributed by atoms with Crippen LogP contribution in [-0.4, -0.2) is 50.7 Å². The number of hydrogen-bond donors (Lipinski definition) is 1. The summed E-state index contributed by atoms with van der Waals surface area (Å²) in [6, 6.07) is 19.5. The van der Waals surface area contributed by atoms with Crippen molar-refractivity contribution in [1.29, 1.82) is 0 Å². The van der Waals surface area contributed by atoms with Crippen LogP contribution in [0.4, 0.5) is 10.5 Å². The molecule has 192 valence electrons. The highest BCUT2D eigenvalue weighted by Crippen LogP contribution is 2.37.